The van der Waals surface area contributed by atoms with Gasteiger partial charge < -0.3 is 15.0 Å². The van der Waals surface area contributed by atoms with Gasteiger partial charge in [-0.3, -0.25) is 13.9 Å². The highest BCUT2D eigenvalue weighted by molar-refractivity contribution is 7.92. The molecule has 0 aliphatic heterocycles. The molecule has 1 N–H and O–H groups in total. The van der Waals surface area contributed by atoms with E-state index in [2.05, 4.69) is 5.32 Å². The number of hydrogen-bond donors (Lipinski definition) is 1. The van der Waals surface area contributed by atoms with Crippen molar-refractivity contribution in [2.75, 3.05) is 18.0 Å². The SMILES string of the molecule is CC[C@@H](C)NC(=O)[C@@H](Cc1ccccc1)N(Cc1ccccc1)C(=O)CN(c1ccccc1)S(=O)(=O)c1ccc(OC)cc1. The Labute approximate surface area is 260 Å². The molecule has 0 spiro atoms. The van der Waals surface area contributed by atoms with Crippen LogP contribution in [0.25, 0.3) is 0 Å². The maximum atomic E-state index is 14.4. The summed E-state index contributed by atoms with van der Waals surface area (Å²) in [5, 5.41) is 3.05. The number of nitrogens with zero attached hydrogens (tertiary/aromatic N) is 2. The van der Waals surface area contributed by atoms with Gasteiger partial charge in [0.25, 0.3) is 10.0 Å². The van der Waals surface area contributed by atoms with E-state index in [0.29, 0.717) is 11.4 Å². The third-order valence-corrected chi connectivity index (χ3v) is 9.23. The summed E-state index contributed by atoms with van der Waals surface area (Å²) in [4.78, 5) is 29.8. The molecule has 8 nitrogen and oxygen atoms in total. The standard InChI is InChI=1S/C35H39N3O5S/c1-4-27(2)36-35(40)33(24-28-14-8-5-9-15-28)37(25-29-16-10-6-11-17-29)34(39)26-38(30-18-12-7-13-19-30)44(41,42)32-22-20-31(43-3)21-23-32/h5-23,27,33H,4,24-26H2,1-3H3,(H,36,40)/t27-,33-/m1/s1. The first-order valence-corrected chi connectivity index (χ1v) is 16.1. The van der Waals surface area contributed by atoms with Gasteiger partial charge >= 0.3 is 0 Å². The average molecular weight is 614 g/mol. The van der Waals surface area contributed by atoms with Crippen molar-refractivity contribution in [2.24, 2.45) is 0 Å². The van der Waals surface area contributed by atoms with E-state index in [4.69, 9.17) is 4.74 Å². The van der Waals surface area contributed by atoms with Crippen molar-refractivity contribution < 1.29 is 22.7 Å². The first-order valence-electron chi connectivity index (χ1n) is 14.6. The van der Waals surface area contributed by atoms with Crippen LogP contribution < -0.4 is 14.4 Å². The van der Waals surface area contributed by atoms with Crippen molar-refractivity contribution in [3.63, 3.8) is 0 Å². The van der Waals surface area contributed by atoms with Gasteiger partial charge in [-0.05, 0) is 60.9 Å². The third-order valence-electron chi connectivity index (χ3n) is 7.44. The maximum Gasteiger partial charge on any atom is 0.264 e. The lowest BCUT2D eigenvalue weighted by atomic mass is 10.0. The van der Waals surface area contributed by atoms with Crippen LogP contribution in [0.5, 0.6) is 5.75 Å². The van der Waals surface area contributed by atoms with Gasteiger partial charge in [0, 0.05) is 19.0 Å². The molecule has 2 amide bonds. The zero-order valence-corrected chi connectivity index (χ0v) is 26.1. The predicted molar refractivity (Wildman–Crippen MR) is 173 cm³/mol. The second-order valence-electron chi connectivity index (χ2n) is 10.6. The second kappa shape index (κ2) is 15.2. The van der Waals surface area contributed by atoms with Crippen LogP contribution >= 0.6 is 0 Å². The van der Waals surface area contributed by atoms with E-state index in [1.54, 1.807) is 42.5 Å². The minimum absolute atomic E-state index is 0.0138. The van der Waals surface area contributed by atoms with Gasteiger partial charge in [-0.1, -0.05) is 85.8 Å². The Morgan fingerprint density at radius 3 is 1.89 bits per heavy atom. The Bertz CT molecular complexity index is 1600. The molecule has 0 saturated heterocycles. The Kier molecular flexibility index (Phi) is 11.2. The van der Waals surface area contributed by atoms with E-state index < -0.39 is 28.5 Å². The van der Waals surface area contributed by atoms with Crippen LogP contribution in [-0.2, 0) is 32.6 Å². The van der Waals surface area contributed by atoms with E-state index in [9.17, 15) is 18.0 Å². The number of anilines is 1. The summed E-state index contributed by atoms with van der Waals surface area (Å²) in [7, 11) is -2.68. The number of ether oxygens (including phenoxy) is 1. The molecule has 0 bridgehead atoms. The highest BCUT2D eigenvalue weighted by atomic mass is 32.2. The zero-order chi connectivity index (χ0) is 31.5. The van der Waals surface area contributed by atoms with E-state index in [-0.39, 0.29) is 29.8 Å². The van der Waals surface area contributed by atoms with Crippen molar-refractivity contribution in [1.29, 1.82) is 0 Å². The molecule has 0 aromatic heterocycles. The zero-order valence-electron chi connectivity index (χ0n) is 25.3. The molecule has 2 atom stereocenters. The lowest BCUT2D eigenvalue weighted by Crippen LogP contribution is -2.54. The van der Waals surface area contributed by atoms with E-state index in [1.807, 2.05) is 74.5 Å². The predicted octanol–water partition coefficient (Wildman–Crippen LogP) is 5.45. The van der Waals surface area contributed by atoms with Crippen LogP contribution in [0.2, 0.25) is 0 Å². The Hall–Kier alpha value is -4.63. The van der Waals surface area contributed by atoms with Crippen LogP contribution in [0.15, 0.2) is 120 Å². The first-order chi connectivity index (χ1) is 21.2. The summed E-state index contributed by atoms with van der Waals surface area (Å²) in [6.45, 7) is 3.51. The molecule has 0 unspecified atom stereocenters. The minimum atomic E-state index is -4.18. The average Bonchev–Trinajstić information content (AvgIpc) is 3.06. The number of amides is 2. The van der Waals surface area contributed by atoms with Gasteiger partial charge in [-0.15, -0.1) is 0 Å². The smallest absolute Gasteiger partial charge is 0.264 e. The number of para-hydroxylation sites is 1. The molecule has 4 aromatic rings. The number of carbonyl (C=O) groups excluding carboxylic acids is 2. The lowest BCUT2D eigenvalue weighted by molar-refractivity contribution is -0.140. The number of methoxy groups -OCH3 is 1. The fraction of sp³-hybridized carbons (Fsp3) is 0.257. The number of nitrogens with one attached hydrogen (secondary N) is 1. The number of carbonyl (C=O) groups is 2. The highest BCUT2D eigenvalue weighted by Gasteiger charge is 2.35. The van der Waals surface area contributed by atoms with Crippen molar-refractivity contribution in [1.82, 2.24) is 10.2 Å². The third kappa shape index (κ3) is 8.26. The summed E-state index contributed by atoms with van der Waals surface area (Å²) in [6.07, 6.45) is 0.983. The first kappa shape index (κ1) is 32.3. The van der Waals surface area contributed by atoms with Crippen molar-refractivity contribution in [3.8, 4) is 5.75 Å². The Morgan fingerprint density at radius 1 is 0.795 bits per heavy atom. The number of benzene rings is 4. The van der Waals surface area contributed by atoms with Crippen molar-refractivity contribution >= 4 is 27.5 Å². The molecule has 0 heterocycles. The molecule has 4 aromatic carbocycles. The number of sulfonamides is 1. The number of rotatable bonds is 14. The van der Waals surface area contributed by atoms with E-state index in [0.717, 1.165) is 21.9 Å². The summed E-state index contributed by atoms with van der Waals surface area (Å²) < 4.78 is 34.4. The molecule has 0 aliphatic carbocycles. The van der Waals surface area contributed by atoms with E-state index in [1.165, 1.54) is 24.1 Å². The Balaban J connectivity index is 1.77. The van der Waals surface area contributed by atoms with Gasteiger partial charge in [0.15, 0.2) is 0 Å². The molecule has 0 radical (unpaired) electrons. The highest BCUT2D eigenvalue weighted by Crippen LogP contribution is 2.26. The van der Waals surface area contributed by atoms with Crippen LogP contribution in [-0.4, -0.2) is 50.9 Å². The quantitative estimate of drug-likeness (QED) is 0.204. The van der Waals surface area contributed by atoms with Crippen LogP contribution in [0.1, 0.15) is 31.4 Å². The molecular weight excluding hydrogens is 574 g/mol. The fourth-order valence-electron chi connectivity index (χ4n) is 4.77. The molecule has 0 saturated carbocycles. The molecule has 0 aliphatic rings. The topological polar surface area (TPSA) is 96.0 Å². The summed E-state index contributed by atoms with van der Waals surface area (Å²) >= 11 is 0. The van der Waals surface area contributed by atoms with Gasteiger partial charge in [0.1, 0.15) is 18.3 Å². The Morgan fingerprint density at radius 2 is 1.34 bits per heavy atom. The maximum absolute atomic E-state index is 14.4. The van der Waals surface area contributed by atoms with Crippen LogP contribution in [0, 0.1) is 0 Å². The summed E-state index contributed by atoms with van der Waals surface area (Å²) in [5.74, 6) is -0.289. The molecular formula is C35H39N3O5S. The van der Waals surface area contributed by atoms with Gasteiger partial charge in [0.2, 0.25) is 11.8 Å². The van der Waals surface area contributed by atoms with Gasteiger partial charge in [-0.2, -0.15) is 0 Å². The van der Waals surface area contributed by atoms with Crippen molar-refractivity contribution in [3.05, 3.63) is 126 Å². The minimum Gasteiger partial charge on any atom is -0.497 e. The molecule has 44 heavy (non-hydrogen) atoms. The van der Waals surface area contributed by atoms with Crippen LogP contribution in [0.4, 0.5) is 5.69 Å². The summed E-state index contributed by atoms with van der Waals surface area (Å²) in [5.41, 5.74) is 2.04. The summed E-state index contributed by atoms with van der Waals surface area (Å²) in [6, 6.07) is 32.4. The number of hydrogen-bond acceptors (Lipinski definition) is 5. The van der Waals surface area contributed by atoms with Crippen molar-refractivity contribution in [2.45, 2.75) is 50.2 Å². The molecule has 230 valence electrons. The molecule has 0 fully saturated rings. The lowest BCUT2D eigenvalue weighted by Gasteiger charge is -2.34. The second-order valence-corrected chi connectivity index (χ2v) is 12.4. The van der Waals surface area contributed by atoms with Gasteiger partial charge in [0.05, 0.1) is 17.7 Å². The van der Waals surface area contributed by atoms with Crippen LogP contribution in [0.3, 0.4) is 0 Å². The van der Waals surface area contributed by atoms with Gasteiger partial charge in [-0.25, -0.2) is 8.42 Å². The normalized spacial score (nSPS) is 12.5. The molecule has 9 heteroatoms. The molecule has 4 rings (SSSR count). The largest absolute Gasteiger partial charge is 0.497 e. The van der Waals surface area contributed by atoms with E-state index >= 15 is 0 Å². The monoisotopic (exact) mass is 613 g/mol. The fourth-order valence-corrected chi connectivity index (χ4v) is 6.19.